The van der Waals surface area contributed by atoms with Gasteiger partial charge in [-0.25, -0.2) is 0 Å². The highest BCUT2D eigenvalue weighted by atomic mass is 32.1. The van der Waals surface area contributed by atoms with E-state index in [4.69, 9.17) is 4.74 Å². The first-order chi connectivity index (χ1) is 9.29. The van der Waals surface area contributed by atoms with E-state index in [1.165, 1.54) is 5.56 Å². The first-order valence-electron chi connectivity index (χ1n) is 6.78. The molecule has 1 aromatic rings. The predicted octanol–water partition coefficient (Wildman–Crippen LogP) is 1.72. The summed E-state index contributed by atoms with van der Waals surface area (Å²) in [6.45, 7) is 3.98. The SMILES string of the molecule is COCCN(Cc1ccsc1)C(=O)C[C@@H]1CCNC1. The van der Waals surface area contributed by atoms with Gasteiger partial charge in [0.25, 0.3) is 0 Å². The minimum Gasteiger partial charge on any atom is -0.383 e. The van der Waals surface area contributed by atoms with Crippen LogP contribution in [0.3, 0.4) is 0 Å². The maximum absolute atomic E-state index is 12.4. The molecule has 1 aromatic heterocycles. The van der Waals surface area contributed by atoms with Gasteiger partial charge in [-0.05, 0) is 47.8 Å². The molecule has 1 amide bonds. The van der Waals surface area contributed by atoms with Crippen LogP contribution in [0, 0.1) is 5.92 Å². The van der Waals surface area contributed by atoms with E-state index in [1.807, 2.05) is 4.90 Å². The molecule has 106 valence electrons. The molecule has 2 heterocycles. The van der Waals surface area contributed by atoms with Gasteiger partial charge in [-0.1, -0.05) is 0 Å². The Morgan fingerprint density at radius 3 is 3.16 bits per heavy atom. The Kier molecular flexibility index (Phi) is 5.82. The molecular formula is C14H22N2O2S. The van der Waals surface area contributed by atoms with Crippen LogP contribution in [0.5, 0.6) is 0 Å². The van der Waals surface area contributed by atoms with Crippen molar-refractivity contribution in [2.45, 2.75) is 19.4 Å². The summed E-state index contributed by atoms with van der Waals surface area (Å²) < 4.78 is 5.11. The molecule has 0 saturated carbocycles. The van der Waals surface area contributed by atoms with Gasteiger partial charge in [0, 0.05) is 26.6 Å². The van der Waals surface area contributed by atoms with Crippen LogP contribution >= 0.6 is 11.3 Å². The second-order valence-corrected chi connectivity index (χ2v) is 5.78. The molecule has 5 heteroatoms. The second kappa shape index (κ2) is 7.62. The zero-order valence-corrected chi connectivity index (χ0v) is 12.2. The average molecular weight is 282 g/mol. The number of ether oxygens (including phenoxy) is 1. The zero-order valence-electron chi connectivity index (χ0n) is 11.4. The van der Waals surface area contributed by atoms with Crippen LogP contribution in [-0.2, 0) is 16.1 Å². The summed E-state index contributed by atoms with van der Waals surface area (Å²) in [5.41, 5.74) is 1.21. The molecule has 2 rings (SSSR count). The summed E-state index contributed by atoms with van der Waals surface area (Å²) in [7, 11) is 1.67. The second-order valence-electron chi connectivity index (χ2n) is 5.00. The van der Waals surface area contributed by atoms with Gasteiger partial charge in [0.2, 0.25) is 5.91 Å². The summed E-state index contributed by atoms with van der Waals surface area (Å²) in [6, 6.07) is 2.08. The van der Waals surface area contributed by atoms with E-state index in [0.29, 0.717) is 32.0 Å². The predicted molar refractivity (Wildman–Crippen MR) is 77.2 cm³/mol. The van der Waals surface area contributed by atoms with E-state index in [2.05, 4.69) is 22.1 Å². The van der Waals surface area contributed by atoms with E-state index in [1.54, 1.807) is 18.4 Å². The highest BCUT2D eigenvalue weighted by Crippen LogP contribution is 2.16. The Hall–Kier alpha value is -0.910. The molecule has 0 unspecified atom stereocenters. The van der Waals surface area contributed by atoms with Crippen molar-refractivity contribution in [3.05, 3.63) is 22.4 Å². The lowest BCUT2D eigenvalue weighted by Gasteiger charge is -2.23. The van der Waals surface area contributed by atoms with Crippen LogP contribution < -0.4 is 5.32 Å². The van der Waals surface area contributed by atoms with Crippen LogP contribution in [0.1, 0.15) is 18.4 Å². The molecule has 1 atom stereocenters. The zero-order chi connectivity index (χ0) is 13.5. The summed E-state index contributed by atoms with van der Waals surface area (Å²) in [6.07, 6.45) is 1.77. The van der Waals surface area contributed by atoms with Gasteiger partial charge in [0.15, 0.2) is 0 Å². The number of methoxy groups -OCH3 is 1. The number of thiophene rings is 1. The van der Waals surface area contributed by atoms with Gasteiger partial charge in [-0.15, -0.1) is 0 Å². The number of rotatable bonds is 7. The molecule has 19 heavy (non-hydrogen) atoms. The maximum Gasteiger partial charge on any atom is 0.223 e. The highest BCUT2D eigenvalue weighted by Gasteiger charge is 2.22. The normalized spacial score (nSPS) is 18.7. The molecule has 0 bridgehead atoms. The number of carbonyl (C=O) groups is 1. The van der Waals surface area contributed by atoms with Crippen molar-refractivity contribution in [2.75, 3.05) is 33.4 Å². The van der Waals surface area contributed by atoms with Crippen molar-refractivity contribution in [3.63, 3.8) is 0 Å². The van der Waals surface area contributed by atoms with E-state index in [-0.39, 0.29) is 5.91 Å². The molecule has 0 aliphatic carbocycles. The smallest absolute Gasteiger partial charge is 0.223 e. The Morgan fingerprint density at radius 2 is 2.53 bits per heavy atom. The van der Waals surface area contributed by atoms with Crippen LogP contribution in [0.25, 0.3) is 0 Å². The van der Waals surface area contributed by atoms with Crippen molar-refractivity contribution < 1.29 is 9.53 Å². The molecule has 0 radical (unpaired) electrons. The lowest BCUT2D eigenvalue weighted by Crippen LogP contribution is -2.34. The number of nitrogens with zero attached hydrogens (tertiary/aromatic N) is 1. The van der Waals surface area contributed by atoms with Gasteiger partial charge in [0.05, 0.1) is 6.61 Å². The van der Waals surface area contributed by atoms with Crippen LogP contribution in [-0.4, -0.2) is 44.2 Å². The van der Waals surface area contributed by atoms with Gasteiger partial charge in [-0.3, -0.25) is 4.79 Å². The van der Waals surface area contributed by atoms with Crippen molar-refractivity contribution in [1.29, 1.82) is 0 Å². The molecule has 1 aliphatic heterocycles. The fourth-order valence-electron chi connectivity index (χ4n) is 2.36. The van der Waals surface area contributed by atoms with Crippen LogP contribution in [0.15, 0.2) is 16.8 Å². The maximum atomic E-state index is 12.4. The number of nitrogens with one attached hydrogen (secondary N) is 1. The lowest BCUT2D eigenvalue weighted by molar-refractivity contribution is -0.133. The number of amides is 1. The van der Waals surface area contributed by atoms with E-state index >= 15 is 0 Å². The summed E-state index contributed by atoms with van der Waals surface area (Å²) in [5.74, 6) is 0.747. The molecule has 0 spiro atoms. The molecule has 1 aliphatic rings. The Balaban J connectivity index is 1.89. The van der Waals surface area contributed by atoms with E-state index in [9.17, 15) is 4.79 Å². The largest absolute Gasteiger partial charge is 0.383 e. The van der Waals surface area contributed by atoms with E-state index < -0.39 is 0 Å². The van der Waals surface area contributed by atoms with Crippen LogP contribution in [0.2, 0.25) is 0 Å². The molecular weight excluding hydrogens is 260 g/mol. The van der Waals surface area contributed by atoms with E-state index in [0.717, 1.165) is 19.5 Å². The highest BCUT2D eigenvalue weighted by molar-refractivity contribution is 7.07. The Bertz CT molecular complexity index is 375. The molecule has 1 fully saturated rings. The molecule has 4 nitrogen and oxygen atoms in total. The third-order valence-corrected chi connectivity index (χ3v) is 4.23. The fourth-order valence-corrected chi connectivity index (χ4v) is 3.02. The van der Waals surface area contributed by atoms with Crippen molar-refractivity contribution in [2.24, 2.45) is 5.92 Å². The summed E-state index contributed by atoms with van der Waals surface area (Å²) >= 11 is 1.67. The third kappa shape index (κ3) is 4.60. The van der Waals surface area contributed by atoms with Gasteiger partial charge >= 0.3 is 0 Å². The molecule has 1 saturated heterocycles. The quantitative estimate of drug-likeness (QED) is 0.828. The first kappa shape index (κ1) is 14.5. The number of hydrogen-bond donors (Lipinski definition) is 1. The third-order valence-electron chi connectivity index (χ3n) is 3.50. The number of carbonyl (C=O) groups excluding carboxylic acids is 1. The standard InChI is InChI=1S/C14H22N2O2S/c1-18-6-5-16(10-13-3-7-19-11-13)14(17)8-12-2-4-15-9-12/h3,7,11-12,15H,2,4-6,8-10H2,1H3/t12-/m0/s1. The van der Waals surface area contributed by atoms with Crippen molar-refractivity contribution in [1.82, 2.24) is 10.2 Å². The number of hydrogen-bond acceptors (Lipinski definition) is 4. The minimum atomic E-state index is 0.247. The first-order valence-corrected chi connectivity index (χ1v) is 7.72. The monoisotopic (exact) mass is 282 g/mol. The fraction of sp³-hybridized carbons (Fsp3) is 0.643. The average Bonchev–Trinajstić information content (AvgIpc) is 3.07. The minimum absolute atomic E-state index is 0.247. The van der Waals surface area contributed by atoms with Crippen LogP contribution in [0.4, 0.5) is 0 Å². The Morgan fingerprint density at radius 1 is 1.63 bits per heavy atom. The summed E-state index contributed by atoms with van der Waals surface area (Å²) in [5, 5.41) is 7.46. The topological polar surface area (TPSA) is 41.6 Å². The lowest BCUT2D eigenvalue weighted by atomic mass is 10.0. The van der Waals surface area contributed by atoms with Gasteiger partial charge < -0.3 is 15.0 Å². The van der Waals surface area contributed by atoms with Gasteiger partial charge in [-0.2, -0.15) is 11.3 Å². The van der Waals surface area contributed by atoms with Crippen molar-refractivity contribution in [3.8, 4) is 0 Å². The van der Waals surface area contributed by atoms with Gasteiger partial charge in [0.1, 0.15) is 0 Å². The summed E-state index contributed by atoms with van der Waals surface area (Å²) in [4.78, 5) is 14.3. The Labute approximate surface area is 118 Å². The molecule has 1 N–H and O–H groups in total. The molecule has 0 aromatic carbocycles. The van der Waals surface area contributed by atoms with Crippen molar-refractivity contribution >= 4 is 17.2 Å².